The van der Waals surface area contributed by atoms with E-state index in [0.717, 1.165) is 33.0 Å². The van der Waals surface area contributed by atoms with Gasteiger partial charge < -0.3 is 20.3 Å². The second kappa shape index (κ2) is 14.4. The number of benzene rings is 4. The van der Waals surface area contributed by atoms with E-state index in [2.05, 4.69) is 10.6 Å². The first-order valence-corrected chi connectivity index (χ1v) is 15.6. The van der Waals surface area contributed by atoms with E-state index in [1.165, 1.54) is 0 Å². The van der Waals surface area contributed by atoms with Gasteiger partial charge in [0.05, 0.1) is 0 Å². The Morgan fingerprint density at radius 1 is 0.844 bits per heavy atom. The Kier molecular flexibility index (Phi) is 10.7. The van der Waals surface area contributed by atoms with Crippen molar-refractivity contribution >= 4 is 34.4 Å². The zero-order chi connectivity index (χ0) is 32.7. The minimum atomic E-state index is -0.975. The Bertz CT molecular complexity index is 1640. The molecule has 3 amide bonds. The van der Waals surface area contributed by atoms with E-state index in [9.17, 15) is 14.4 Å². The Morgan fingerprint density at radius 2 is 1.51 bits per heavy atom. The first-order valence-electron chi connectivity index (χ1n) is 15.6. The zero-order valence-electron chi connectivity index (χ0n) is 27.4. The van der Waals surface area contributed by atoms with Gasteiger partial charge in [0.25, 0.3) is 5.91 Å². The van der Waals surface area contributed by atoms with Gasteiger partial charge in [0.15, 0.2) is 0 Å². The number of nitrogens with one attached hydrogen (secondary N) is 2. The van der Waals surface area contributed by atoms with E-state index >= 15 is 0 Å². The molecule has 45 heavy (non-hydrogen) atoms. The van der Waals surface area contributed by atoms with Crippen molar-refractivity contribution in [3.05, 3.63) is 113 Å². The van der Waals surface area contributed by atoms with E-state index in [0.29, 0.717) is 12.1 Å². The number of fused-ring (bicyclic) bond motifs is 1. The maximum absolute atomic E-state index is 14.8. The summed E-state index contributed by atoms with van der Waals surface area (Å²) in [5, 5.41) is 8.01. The summed E-state index contributed by atoms with van der Waals surface area (Å²) in [6.07, 6.45) is 0.142. The van der Waals surface area contributed by atoms with E-state index in [1.807, 2.05) is 119 Å². The third-order valence-corrected chi connectivity index (χ3v) is 7.86. The van der Waals surface area contributed by atoms with Gasteiger partial charge in [-0.1, -0.05) is 91.3 Å². The summed E-state index contributed by atoms with van der Waals surface area (Å²) in [4.78, 5) is 43.9. The molecule has 2 N–H and O–H groups in total. The molecule has 7 heteroatoms. The summed E-state index contributed by atoms with van der Waals surface area (Å²) in [6.45, 7) is 13.2. The van der Waals surface area contributed by atoms with Crippen LogP contribution in [0.5, 0.6) is 0 Å². The van der Waals surface area contributed by atoms with E-state index in [4.69, 9.17) is 4.74 Å². The lowest BCUT2D eigenvalue weighted by Gasteiger charge is -2.39. The summed E-state index contributed by atoms with van der Waals surface area (Å²) in [6, 6.07) is 26.9. The number of carbonyl (C=O) groups excluding carboxylic acids is 3. The van der Waals surface area contributed by atoms with Gasteiger partial charge in [0.2, 0.25) is 5.91 Å². The molecule has 7 nitrogen and oxygen atoms in total. The lowest BCUT2D eigenvalue weighted by molar-refractivity contribution is -0.143. The number of aryl methyl sites for hydroxylation is 2. The lowest BCUT2D eigenvalue weighted by atomic mass is 9.94. The van der Waals surface area contributed by atoms with Gasteiger partial charge in [-0.05, 0) is 87.6 Å². The van der Waals surface area contributed by atoms with Crippen LogP contribution in [0.1, 0.15) is 69.3 Å². The summed E-state index contributed by atoms with van der Waals surface area (Å²) >= 11 is 0. The predicted molar refractivity (Wildman–Crippen MR) is 181 cm³/mol. The van der Waals surface area contributed by atoms with Crippen LogP contribution < -0.4 is 10.6 Å². The third kappa shape index (κ3) is 8.72. The van der Waals surface area contributed by atoms with Crippen LogP contribution in [0.3, 0.4) is 0 Å². The van der Waals surface area contributed by atoms with Crippen LogP contribution in [0.4, 0.5) is 10.5 Å². The van der Waals surface area contributed by atoms with E-state index in [-0.39, 0.29) is 24.3 Å². The number of hydrogen-bond acceptors (Lipinski definition) is 4. The van der Waals surface area contributed by atoms with Crippen LogP contribution in [0.2, 0.25) is 0 Å². The molecule has 0 saturated carbocycles. The molecule has 4 aromatic carbocycles. The van der Waals surface area contributed by atoms with Gasteiger partial charge in [-0.15, -0.1) is 0 Å². The summed E-state index contributed by atoms with van der Waals surface area (Å²) in [5.41, 5.74) is 3.36. The normalized spacial score (nSPS) is 13.4. The Balaban J connectivity index is 1.79. The molecule has 3 atom stereocenters. The fourth-order valence-corrected chi connectivity index (χ4v) is 5.42. The average Bonchev–Trinajstić information content (AvgIpc) is 2.99. The standard InChI is InChI=1S/C38H45N3O4/c1-8-27(4)41(36(43)33(23-28-14-10-9-11-15-28)40-37(44)45-38(5,6)7)34(32-22-25(2)18-19-26(32)3)35(42)39-31-21-20-29-16-12-13-17-30(29)24-31/h9-22,24,27,33-34H,8,23H2,1-7H3,(H,39,42)(H,40,44). The summed E-state index contributed by atoms with van der Waals surface area (Å²) < 4.78 is 5.56. The zero-order valence-corrected chi connectivity index (χ0v) is 27.4. The lowest BCUT2D eigenvalue weighted by Crippen LogP contribution is -2.55. The van der Waals surface area contributed by atoms with Crippen molar-refractivity contribution in [3.63, 3.8) is 0 Å². The quantitative estimate of drug-likeness (QED) is 0.192. The number of ether oxygens (including phenoxy) is 1. The highest BCUT2D eigenvalue weighted by atomic mass is 16.6. The average molecular weight is 608 g/mol. The van der Waals surface area contributed by atoms with Crippen LogP contribution in [0.15, 0.2) is 91.0 Å². The third-order valence-electron chi connectivity index (χ3n) is 7.86. The minimum Gasteiger partial charge on any atom is -0.444 e. The number of rotatable bonds is 10. The Labute approximate surface area is 267 Å². The maximum Gasteiger partial charge on any atom is 0.408 e. The highest BCUT2D eigenvalue weighted by Crippen LogP contribution is 2.31. The van der Waals surface area contributed by atoms with Crippen molar-refractivity contribution in [3.8, 4) is 0 Å². The molecule has 236 valence electrons. The van der Waals surface area contributed by atoms with Crippen molar-refractivity contribution in [1.29, 1.82) is 0 Å². The SMILES string of the molecule is CCC(C)N(C(=O)C(Cc1ccccc1)NC(=O)OC(C)(C)C)C(C(=O)Nc1ccc2ccccc2c1)c1cc(C)ccc1C. The molecule has 0 fully saturated rings. The first-order chi connectivity index (χ1) is 21.4. The van der Waals surface area contributed by atoms with Gasteiger partial charge in [0, 0.05) is 18.2 Å². The van der Waals surface area contributed by atoms with Crippen molar-refractivity contribution in [2.75, 3.05) is 5.32 Å². The molecule has 0 bridgehead atoms. The molecule has 0 aliphatic rings. The van der Waals surface area contributed by atoms with E-state index in [1.54, 1.807) is 25.7 Å². The molecule has 0 heterocycles. The molecular weight excluding hydrogens is 562 g/mol. The number of nitrogens with zero attached hydrogens (tertiary/aromatic N) is 1. The van der Waals surface area contributed by atoms with Crippen LogP contribution >= 0.6 is 0 Å². The fraction of sp³-hybridized carbons (Fsp3) is 0.342. The molecule has 0 aromatic heterocycles. The predicted octanol–water partition coefficient (Wildman–Crippen LogP) is 7.90. The van der Waals surface area contributed by atoms with Gasteiger partial charge >= 0.3 is 6.09 Å². The molecule has 4 aromatic rings. The van der Waals surface area contributed by atoms with Gasteiger partial charge in [0.1, 0.15) is 17.7 Å². The molecule has 4 rings (SSSR count). The van der Waals surface area contributed by atoms with Crippen molar-refractivity contribution in [1.82, 2.24) is 10.2 Å². The van der Waals surface area contributed by atoms with Crippen LogP contribution in [-0.2, 0) is 20.7 Å². The van der Waals surface area contributed by atoms with Crippen molar-refractivity contribution in [2.24, 2.45) is 0 Å². The van der Waals surface area contributed by atoms with Gasteiger partial charge in [-0.25, -0.2) is 4.79 Å². The van der Waals surface area contributed by atoms with Gasteiger partial charge in [-0.3, -0.25) is 9.59 Å². The van der Waals surface area contributed by atoms with Crippen LogP contribution in [0.25, 0.3) is 10.8 Å². The molecule has 0 saturated heterocycles. The molecule has 0 aliphatic heterocycles. The second-order valence-corrected chi connectivity index (χ2v) is 12.7. The fourth-order valence-electron chi connectivity index (χ4n) is 5.42. The molecule has 0 spiro atoms. The summed E-state index contributed by atoms with van der Waals surface area (Å²) in [5.74, 6) is -0.693. The highest BCUT2D eigenvalue weighted by Gasteiger charge is 2.39. The number of alkyl carbamates (subject to hydrolysis) is 1. The highest BCUT2D eigenvalue weighted by molar-refractivity contribution is 6.00. The molecule has 3 unspecified atom stereocenters. The largest absolute Gasteiger partial charge is 0.444 e. The van der Waals surface area contributed by atoms with Gasteiger partial charge in [-0.2, -0.15) is 0 Å². The van der Waals surface area contributed by atoms with Crippen molar-refractivity contribution in [2.45, 2.75) is 85.0 Å². The summed E-state index contributed by atoms with van der Waals surface area (Å²) in [7, 11) is 0. The minimum absolute atomic E-state index is 0.234. The van der Waals surface area contributed by atoms with E-state index < -0.39 is 23.8 Å². The van der Waals surface area contributed by atoms with Crippen molar-refractivity contribution < 1.29 is 19.1 Å². The number of anilines is 1. The number of amides is 3. The topological polar surface area (TPSA) is 87.7 Å². The smallest absolute Gasteiger partial charge is 0.408 e. The number of carbonyl (C=O) groups is 3. The molecule has 0 radical (unpaired) electrons. The maximum atomic E-state index is 14.8. The van der Waals surface area contributed by atoms with Crippen LogP contribution in [-0.4, -0.2) is 40.5 Å². The first kappa shape index (κ1) is 33.2. The Hall–Kier alpha value is -4.65. The van der Waals surface area contributed by atoms with Crippen LogP contribution in [0, 0.1) is 13.8 Å². The monoisotopic (exact) mass is 607 g/mol. The molecular formula is C38H45N3O4. The number of hydrogen-bond donors (Lipinski definition) is 2. The molecule has 0 aliphatic carbocycles. The Morgan fingerprint density at radius 3 is 2.18 bits per heavy atom. The second-order valence-electron chi connectivity index (χ2n) is 12.7.